The molecule has 3 aromatic carbocycles. The molecule has 0 saturated carbocycles. The summed E-state index contributed by atoms with van der Waals surface area (Å²) >= 11 is 4.28. The number of sulfone groups is 2. The van der Waals surface area contributed by atoms with Crippen LogP contribution in [0.4, 0.5) is 34.1 Å². The molecule has 6 N–H and O–H groups in total. The summed E-state index contributed by atoms with van der Waals surface area (Å²) in [4.78, 5) is -0.116. The minimum Gasteiger partial charge on any atom is -0.396 e. The Hall–Kier alpha value is -3.55. The number of benzene rings is 3. The molecular formula is C22H24N6O12S5. The van der Waals surface area contributed by atoms with Crippen LogP contribution < -0.4 is 11.5 Å². The van der Waals surface area contributed by atoms with Gasteiger partial charge >= 0.3 is 20.8 Å². The number of nitrogens with zero attached hydrogens (tertiary/aromatic N) is 4. The number of nitrogens with two attached hydrogens (primary N) is 2. The molecule has 0 aliphatic carbocycles. The third-order valence-corrected chi connectivity index (χ3v) is 10.1. The minimum absolute atomic E-state index is 0.0240. The normalized spacial score (nSPS) is 13.1. The number of thiol groups is 1. The summed E-state index contributed by atoms with van der Waals surface area (Å²) in [5, 5.41) is 16.1. The molecule has 0 aliphatic rings. The smallest absolute Gasteiger partial charge is 0.396 e. The first kappa shape index (κ1) is 35.9. The highest BCUT2D eigenvalue weighted by Gasteiger charge is 2.18. The van der Waals surface area contributed by atoms with E-state index in [1.807, 2.05) is 0 Å². The van der Waals surface area contributed by atoms with E-state index in [2.05, 4.69) is 41.5 Å². The first-order valence-corrected chi connectivity index (χ1v) is 18.4. The van der Waals surface area contributed by atoms with Gasteiger partial charge in [0.1, 0.15) is 11.4 Å². The first-order chi connectivity index (χ1) is 20.8. The van der Waals surface area contributed by atoms with Gasteiger partial charge in [-0.15, -0.1) is 22.9 Å². The highest BCUT2D eigenvalue weighted by atomic mass is 32.3. The fourth-order valence-corrected chi connectivity index (χ4v) is 6.46. The van der Waals surface area contributed by atoms with Crippen molar-refractivity contribution in [1.82, 2.24) is 0 Å². The van der Waals surface area contributed by atoms with Crippen LogP contribution in [0.5, 0.6) is 0 Å². The van der Waals surface area contributed by atoms with E-state index in [-0.39, 0.29) is 48.8 Å². The quantitative estimate of drug-likeness (QED) is 0.0691. The van der Waals surface area contributed by atoms with E-state index in [9.17, 15) is 33.7 Å². The van der Waals surface area contributed by atoms with Gasteiger partial charge in [0, 0.05) is 4.90 Å². The van der Waals surface area contributed by atoms with E-state index in [1.165, 1.54) is 54.6 Å². The van der Waals surface area contributed by atoms with Crippen molar-refractivity contribution in [2.45, 2.75) is 14.7 Å². The second kappa shape index (κ2) is 14.3. The molecule has 0 radical (unpaired) electrons. The largest absolute Gasteiger partial charge is 0.397 e. The number of rotatable bonds is 14. The van der Waals surface area contributed by atoms with Crippen LogP contribution in [-0.2, 0) is 48.8 Å². The molecule has 0 atom stereocenters. The molecule has 0 saturated heterocycles. The fourth-order valence-electron chi connectivity index (χ4n) is 3.26. The van der Waals surface area contributed by atoms with Gasteiger partial charge in [-0.05, 0) is 54.6 Å². The van der Waals surface area contributed by atoms with Gasteiger partial charge in [-0.2, -0.15) is 27.1 Å². The second-order valence-corrected chi connectivity index (χ2v) is 15.5. The zero-order chi connectivity index (χ0) is 33.6. The third kappa shape index (κ3) is 10.8. The molecular weight excluding hydrogens is 701 g/mol. The molecule has 0 heterocycles. The highest BCUT2D eigenvalue weighted by molar-refractivity contribution is 7.91. The summed E-state index contributed by atoms with van der Waals surface area (Å²) in [5.74, 6) is -1.43. The van der Waals surface area contributed by atoms with Crippen LogP contribution in [0.1, 0.15) is 0 Å². The third-order valence-electron chi connectivity index (χ3n) is 5.43. The number of nitrogen functional groups attached to an aromatic ring is 2. The average molecular weight is 725 g/mol. The van der Waals surface area contributed by atoms with Gasteiger partial charge in [0.05, 0.1) is 57.3 Å². The lowest BCUT2D eigenvalue weighted by Crippen LogP contribution is -2.15. The van der Waals surface area contributed by atoms with Gasteiger partial charge in [-0.3, -0.25) is 9.11 Å². The van der Waals surface area contributed by atoms with Crippen LogP contribution in [0, 0.1) is 0 Å². The van der Waals surface area contributed by atoms with E-state index >= 15 is 0 Å². The molecule has 0 bridgehead atoms. The summed E-state index contributed by atoms with van der Waals surface area (Å²) in [5.41, 5.74) is 12.7. The number of hydrogen-bond acceptors (Lipinski definition) is 17. The summed E-state index contributed by atoms with van der Waals surface area (Å²) in [6.45, 7) is -1.57. The van der Waals surface area contributed by atoms with Crippen molar-refractivity contribution < 1.29 is 51.1 Å². The van der Waals surface area contributed by atoms with E-state index in [1.54, 1.807) is 0 Å². The van der Waals surface area contributed by atoms with Crippen LogP contribution in [0.15, 0.2) is 89.7 Å². The SMILES string of the molecule is Nc1c(S)cc(/N=N/c2ccc(S(=O)(=O)CCOS(=O)(=O)O)cc2)c(N)c1/N=N/c1ccc(S(=O)(=O)CCOS(=O)(=O)O)cc1. The predicted molar refractivity (Wildman–Crippen MR) is 163 cm³/mol. The molecule has 0 aromatic heterocycles. The summed E-state index contributed by atoms with van der Waals surface area (Å²) in [7, 11) is -17.5. The lowest BCUT2D eigenvalue weighted by atomic mass is 10.2. The van der Waals surface area contributed by atoms with Crippen LogP contribution in [-0.4, -0.2) is 67.5 Å². The molecule has 0 fully saturated rings. The molecule has 0 aliphatic heterocycles. The van der Waals surface area contributed by atoms with Gasteiger partial charge in [-0.25, -0.2) is 25.2 Å². The molecule has 0 unspecified atom stereocenters. The zero-order valence-electron chi connectivity index (χ0n) is 22.5. The summed E-state index contributed by atoms with van der Waals surface area (Å²) in [6.07, 6.45) is 0. The summed E-state index contributed by atoms with van der Waals surface area (Å²) < 4.78 is 117. The molecule has 0 spiro atoms. The molecule has 3 rings (SSSR count). The van der Waals surface area contributed by atoms with Crippen molar-refractivity contribution in [3.63, 3.8) is 0 Å². The van der Waals surface area contributed by atoms with Crippen LogP contribution in [0.3, 0.4) is 0 Å². The van der Waals surface area contributed by atoms with Gasteiger partial charge < -0.3 is 11.5 Å². The van der Waals surface area contributed by atoms with E-state index < -0.39 is 65.2 Å². The lowest BCUT2D eigenvalue weighted by molar-refractivity contribution is 0.282. The van der Waals surface area contributed by atoms with Crippen LogP contribution in [0.25, 0.3) is 0 Å². The Kier molecular flexibility index (Phi) is 11.4. The van der Waals surface area contributed by atoms with Crippen LogP contribution in [0.2, 0.25) is 0 Å². The maximum atomic E-state index is 12.3. The fraction of sp³-hybridized carbons (Fsp3) is 0.182. The van der Waals surface area contributed by atoms with Crippen LogP contribution >= 0.6 is 12.6 Å². The van der Waals surface area contributed by atoms with Gasteiger partial charge in [0.2, 0.25) is 0 Å². The molecule has 23 heteroatoms. The lowest BCUT2D eigenvalue weighted by Gasteiger charge is -2.09. The van der Waals surface area contributed by atoms with E-state index in [0.29, 0.717) is 0 Å². The number of hydrogen-bond donors (Lipinski definition) is 5. The van der Waals surface area contributed by atoms with Crippen molar-refractivity contribution >= 4 is 87.2 Å². The Morgan fingerprint density at radius 2 is 1.02 bits per heavy atom. The molecule has 0 amide bonds. The Bertz CT molecular complexity index is 2050. The second-order valence-electron chi connectivity index (χ2n) is 8.62. The van der Waals surface area contributed by atoms with Crippen molar-refractivity contribution in [3.8, 4) is 0 Å². The average Bonchev–Trinajstić information content (AvgIpc) is 2.93. The minimum atomic E-state index is -4.79. The van der Waals surface area contributed by atoms with Crippen molar-refractivity contribution in [2.24, 2.45) is 20.5 Å². The zero-order valence-corrected chi connectivity index (χ0v) is 26.7. The number of azo groups is 2. The van der Waals surface area contributed by atoms with Gasteiger partial charge in [-0.1, -0.05) is 0 Å². The number of anilines is 2. The Balaban J connectivity index is 1.76. The topological polar surface area (TPSA) is 297 Å². The molecule has 45 heavy (non-hydrogen) atoms. The Morgan fingerprint density at radius 1 is 0.622 bits per heavy atom. The maximum absolute atomic E-state index is 12.3. The molecule has 3 aromatic rings. The highest BCUT2D eigenvalue weighted by Crippen LogP contribution is 2.42. The first-order valence-electron chi connectivity index (χ1n) is 11.9. The maximum Gasteiger partial charge on any atom is 0.397 e. The van der Waals surface area contributed by atoms with Crippen molar-refractivity contribution in [1.29, 1.82) is 0 Å². The van der Waals surface area contributed by atoms with E-state index in [0.717, 1.165) is 0 Å². The van der Waals surface area contributed by atoms with Crippen molar-refractivity contribution in [3.05, 3.63) is 54.6 Å². The molecule has 18 nitrogen and oxygen atoms in total. The van der Waals surface area contributed by atoms with Gasteiger partial charge in [0.25, 0.3) is 0 Å². The Morgan fingerprint density at radius 3 is 1.42 bits per heavy atom. The standard InChI is InChI=1S/C22H24N6O12S5/c23-20-18(27-25-14-1-5-16(6-2-14)42(29,30)11-9-39-44(33,34)35)13-19(41)21(24)22(20)28-26-15-3-7-17(8-4-15)43(31,32)12-10-40-45(36,37)38/h1-8,13,41H,9-12,23-24H2,(H,33,34,35)(H,36,37,38)/b27-25+,28-26+. The van der Waals surface area contributed by atoms with Crippen molar-refractivity contribution in [2.75, 3.05) is 36.2 Å². The van der Waals surface area contributed by atoms with E-state index in [4.69, 9.17) is 20.6 Å². The molecule has 244 valence electrons. The monoisotopic (exact) mass is 724 g/mol. The predicted octanol–water partition coefficient (Wildman–Crippen LogP) is 3.16. The Labute approximate surface area is 263 Å². The summed E-state index contributed by atoms with van der Waals surface area (Å²) in [6, 6.07) is 11.5. The van der Waals surface area contributed by atoms with Gasteiger partial charge in [0.15, 0.2) is 19.7 Å².